The van der Waals surface area contributed by atoms with Crippen LogP contribution in [0.15, 0.2) is 78.0 Å². The molecule has 1 aliphatic rings. The SMILES string of the molecule is O=C(NC1CCC(Cn2c(=O)n(-c3ccc4ccncc4c3)c3ccccc32)CC1)c1cc(Cl)cnc1C(F)F. The lowest BCUT2D eigenvalue weighted by Crippen LogP contribution is -2.39. The summed E-state index contributed by atoms with van der Waals surface area (Å²) >= 11 is 5.91. The van der Waals surface area contributed by atoms with Crippen molar-refractivity contribution in [1.82, 2.24) is 24.4 Å². The second kappa shape index (κ2) is 10.8. The van der Waals surface area contributed by atoms with E-state index in [0.717, 1.165) is 46.5 Å². The fraction of sp³-hybridized carbons (Fsp3) is 0.267. The number of carbonyl (C=O) groups is 1. The van der Waals surface area contributed by atoms with E-state index in [4.69, 9.17) is 11.6 Å². The number of nitrogens with one attached hydrogen (secondary N) is 1. The number of halogens is 3. The number of rotatable bonds is 6. The molecular formula is C30H26ClF2N5O2. The van der Waals surface area contributed by atoms with Gasteiger partial charge in [0, 0.05) is 36.6 Å². The topological polar surface area (TPSA) is 81.8 Å². The number of benzene rings is 2. The van der Waals surface area contributed by atoms with Gasteiger partial charge in [-0.1, -0.05) is 29.8 Å². The molecular weight excluding hydrogens is 536 g/mol. The zero-order valence-electron chi connectivity index (χ0n) is 21.4. The number of nitrogens with zero attached hydrogens (tertiary/aromatic N) is 4. The maximum absolute atomic E-state index is 13.8. The molecule has 2 aromatic carbocycles. The van der Waals surface area contributed by atoms with Crippen LogP contribution in [0.2, 0.25) is 5.02 Å². The summed E-state index contributed by atoms with van der Waals surface area (Å²) in [7, 11) is 0. The first-order chi connectivity index (χ1) is 19.4. The lowest BCUT2D eigenvalue weighted by atomic mass is 9.85. The molecule has 7 nitrogen and oxygen atoms in total. The van der Waals surface area contributed by atoms with Crippen molar-refractivity contribution in [2.45, 2.75) is 44.7 Å². The van der Waals surface area contributed by atoms with E-state index in [1.807, 2.05) is 53.1 Å². The van der Waals surface area contributed by atoms with Crippen molar-refractivity contribution in [2.75, 3.05) is 0 Å². The Labute approximate surface area is 233 Å². The van der Waals surface area contributed by atoms with Crippen molar-refractivity contribution in [1.29, 1.82) is 0 Å². The summed E-state index contributed by atoms with van der Waals surface area (Å²) in [5.74, 6) is -0.367. The highest BCUT2D eigenvalue weighted by Gasteiger charge is 2.27. The van der Waals surface area contributed by atoms with Crippen LogP contribution < -0.4 is 11.0 Å². The van der Waals surface area contributed by atoms with E-state index in [2.05, 4.69) is 15.3 Å². The van der Waals surface area contributed by atoms with E-state index in [1.165, 1.54) is 6.07 Å². The smallest absolute Gasteiger partial charge is 0.333 e. The molecule has 1 amide bonds. The van der Waals surface area contributed by atoms with E-state index in [-0.39, 0.29) is 28.2 Å². The Morgan fingerprint density at radius 1 is 1.00 bits per heavy atom. The minimum Gasteiger partial charge on any atom is -0.349 e. The molecule has 40 heavy (non-hydrogen) atoms. The molecule has 0 radical (unpaired) electrons. The predicted molar refractivity (Wildman–Crippen MR) is 150 cm³/mol. The summed E-state index contributed by atoms with van der Waals surface area (Å²) in [6.45, 7) is 0.551. The summed E-state index contributed by atoms with van der Waals surface area (Å²) in [4.78, 5) is 34.4. The van der Waals surface area contributed by atoms with Gasteiger partial charge in [-0.15, -0.1) is 0 Å². The first-order valence-corrected chi connectivity index (χ1v) is 13.6. The monoisotopic (exact) mass is 561 g/mol. The number of para-hydroxylation sites is 2. The van der Waals surface area contributed by atoms with Crippen molar-refractivity contribution in [3.05, 3.63) is 100.0 Å². The minimum absolute atomic E-state index is 0.104. The number of alkyl halides is 2. The van der Waals surface area contributed by atoms with E-state index in [1.54, 1.807) is 17.0 Å². The summed E-state index contributed by atoms with van der Waals surface area (Å²) in [5, 5.41) is 5.01. The lowest BCUT2D eigenvalue weighted by Gasteiger charge is -2.29. The predicted octanol–water partition coefficient (Wildman–Crippen LogP) is 6.32. The molecule has 0 atom stereocenters. The average molecular weight is 562 g/mol. The molecule has 3 aromatic heterocycles. The number of hydrogen-bond donors (Lipinski definition) is 1. The van der Waals surface area contributed by atoms with Gasteiger partial charge in [0.2, 0.25) is 0 Å². The summed E-state index contributed by atoms with van der Waals surface area (Å²) in [6.07, 6.45) is 4.70. The lowest BCUT2D eigenvalue weighted by molar-refractivity contribution is 0.0904. The highest BCUT2D eigenvalue weighted by atomic mass is 35.5. The Hall–Kier alpha value is -4.11. The van der Waals surface area contributed by atoms with Crippen molar-refractivity contribution in [2.24, 2.45) is 5.92 Å². The standard InChI is InChI=1S/C30H26ClF2N5O2/c31-21-14-24(27(28(32)33)35-16-21)29(39)36-22-8-5-18(6-9-22)17-37-25-3-1-2-4-26(25)38(30(37)40)23-10-7-19-11-12-34-15-20(19)13-23/h1-4,7,10-16,18,22,28H,5-6,8-9,17H2,(H,36,39). The second-order valence-corrected chi connectivity index (χ2v) is 10.6. The average Bonchev–Trinajstić information content (AvgIpc) is 3.24. The number of aromatic nitrogens is 4. The first-order valence-electron chi connectivity index (χ1n) is 13.2. The number of carbonyl (C=O) groups excluding carboxylic acids is 1. The van der Waals surface area contributed by atoms with Crippen LogP contribution in [-0.2, 0) is 6.54 Å². The Balaban J connectivity index is 1.19. The molecule has 0 aliphatic heterocycles. The Morgan fingerprint density at radius 3 is 2.55 bits per heavy atom. The van der Waals surface area contributed by atoms with Crippen molar-refractivity contribution in [3.63, 3.8) is 0 Å². The summed E-state index contributed by atoms with van der Waals surface area (Å²) in [5.41, 5.74) is 1.60. The molecule has 1 N–H and O–H groups in total. The second-order valence-electron chi connectivity index (χ2n) is 10.2. The Bertz CT molecular complexity index is 1780. The molecule has 6 rings (SSSR count). The molecule has 0 saturated heterocycles. The molecule has 0 unspecified atom stereocenters. The van der Waals surface area contributed by atoms with Gasteiger partial charge in [0.05, 0.1) is 27.3 Å². The molecule has 5 aromatic rings. The summed E-state index contributed by atoms with van der Waals surface area (Å²) in [6, 6.07) is 16.7. The molecule has 0 spiro atoms. The molecule has 1 aliphatic carbocycles. The third-order valence-electron chi connectivity index (χ3n) is 7.68. The normalized spacial score (nSPS) is 17.5. The number of hydrogen-bond acceptors (Lipinski definition) is 4. The molecule has 1 saturated carbocycles. The number of fused-ring (bicyclic) bond motifs is 2. The van der Waals surface area contributed by atoms with E-state index < -0.39 is 18.0 Å². The fourth-order valence-corrected chi connectivity index (χ4v) is 5.82. The maximum Gasteiger partial charge on any atom is 0.333 e. The van der Waals surface area contributed by atoms with Crippen LogP contribution in [0.5, 0.6) is 0 Å². The Morgan fingerprint density at radius 2 is 1.77 bits per heavy atom. The van der Waals surface area contributed by atoms with Gasteiger partial charge in [-0.05, 0) is 73.4 Å². The fourth-order valence-electron chi connectivity index (χ4n) is 5.66. The van der Waals surface area contributed by atoms with Gasteiger partial charge in [-0.3, -0.25) is 23.9 Å². The van der Waals surface area contributed by atoms with Gasteiger partial charge in [-0.25, -0.2) is 13.6 Å². The zero-order valence-corrected chi connectivity index (χ0v) is 22.2. The van der Waals surface area contributed by atoms with Crippen LogP contribution in [-0.4, -0.2) is 31.1 Å². The maximum atomic E-state index is 13.8. The van der Waals surface area contributed by atoms with Crippen LogP contribution in [0.1, 0.15) is 48.2 Å². The zero-order chi connectivity index (χ0) is 27.8. The molecule has 3 heterocycles. The van der Waals surface area contributed by atoms with Gasteiger partial charge in [0.25, 0.3) is 12.3 Å². The molecule has 0 bridgehead atoms. The van der Waals surface area contributed by atoms with Gasteiger partial charge in [0.15, 0.2) is 0 Å². The van der Waals surface area contributed by atoms with Gasteiger partial charge < -0.3 is 5.32 Å². The van der Waals surface area contributed by atoms with Crippen LogP contribution in [0.25, 0.3) is 27.5 Å². The van der Waals surface area contributed by atoms with Gasteiger partial charge in [-0.2, -0.15) is 0 Å². The molecule has 1 fully saturated rings. The van der Waals surface area contributed by atoms with E-state index >= 15 is 0 Å². The van der Waals surface area contributed by atoms with E-state index in [9.17, 15) is 18.4 Å². The van der Waals surface area contributed by atoms with E-state index in [0.29, 0.717) is 19.4 Å². The van der Waals surface area contributed by atoms with Crippen LogP contribution in [0.3, 0.4) is 0 Å². The number of imidazole rings is 1. The molecule has 204 valence electrons. The third kappa shape index (κ3) is 4.97. The quantitative estimate of drug-likeness (QED) is 0.263. The number of amides is 1. The minimum atomic E-state index is -2.87. The van der Waals surface area contributed by atoms with Crippen molar-refractivity contribution >= 4 is 39.3 Å². The highest BCUT2D eigenvalue weighted by Crippen LogP contribution is 2.29. The first kappa shape index (κ1) is 26.1. The van der Waals surface area contributed by atoms with Crippen LogP contribution >= 0.6 is 11.6 Å². The number of pyridine rings is 2. The largest absolute Gasteiger partial charge is 0.349 e. The Kier molecular flexibility index (Phi) is 7.06. The van der Waals surface area contributed by atoms with Crippen LogP contribution in [0, 0.1) is 5.92 Å². The molecule has 10 heteroatoms. The van der Waals surface area contributed by atoms with Crippen molar-refractivity contribution in [3.8, 4) is 5.69 Å². The third-order valence-corrected chi connectivity index (χ3v) is 7.88. The van der Waals surface area contributed by atoms with Gasteiger partial charge >= 0.3 is 5.69 Å². The highest BCUT2D eigenvalue weighted by molar-refractivity contribution is 6.30. The summed E-state index contributed by atoms with van der Waals surface area (Å²) < 4.78 is 30.3. The van der Waals surface area contributed by atoms with Gasteiger partial charge in [0.1, 0.15) is 5.69 Å². The van der Waals surface area contributed by atoms with Crippen LogP contribution in [0.4, 0.5) is 8.78 Å². The van der Waals surface area contributed by atoms with Crippen molar-refractivity contribution < 1.29 is 13.6 Å².